The molecule has 0 bridgehead atoms. The molecule has 20 heavy (non-hydrogen) atoms. The highest BCUT2D eigenvalue weighted by molar-refractivity contribution is 9.10. The molecule has 1 amide bonds. The van der Waals surface area contributed by atoms with E-state index < -0.39 is 0 Å². The zero-order valence-electron chi connectivity index (χ0n) is 12.5. The van der Waals surface area contributed by atoms with Gasteiger partial charge in [-0.3, -0.25) is 4.79 Å². The highest BCUT2D eigenvalue weighted by atomic mass is 79.9. The van der Waals surface area contributed by atoms with Crippen molar-refractivity contribution in [2.45, 2.75) is 33.6 Å². The number of carbonyl (C=O) groups excluding carboxylic acids is 1. The van der Waals surface area contributed by atoms with E-state index in [1.165, 1.54) is 0 Å². The highest BCUT2D eigenvalue weighted by Gasteiger charge is 2.22. The molecular formula is C15H19BrN2O2. The number of ether oxygens (including phenoxy) is 1. The lowest BCUT2D eigenvalue weighted by Gasteiger charge is -2.25. The average Bonchev–Trinajstić information content (AvgIpc) is 2.45. The maximum absolute atomic E-state index is 12.1. The van der Waals surface area contributed by atoms with Gasteiger partial charge in [-0.2, -0.15) is 5.26 Å². The highest BCUT2D eigenvalue weighted by Crippen LogP contribution is 2.41. The van der Waals surface area contributed by atoms with E-state index in [9.17, 15) is 4.79 Å². The van der Waals surface area contributed by atoms with Gasteiger partial charge in [0, 0.05) is 24.4 Å². The van der Waals surface area contributed by atoms with E-state index in [1.54, 1.807) is 19.1 Å². The van der Waals surface area contributed by atoms with Crippen LogP contribution in [-0.2, 0) is 4.79 Å². The van der Waals surface area contributed by atoms with Gasteiger partial charge in [-0.1, -0.05) is 15.9 Å². The third-order valence-electron chi connectivity index (χ3n) is 3.50. The van der Waals surface area contributed by atoms with Gasteiger partial charge in [-0.15, -0.1) is 0 Å². The number of halogens is 1. The first-order valence-corrected chi connectivity index (χ1v) is 7.12. The average molecular weight is 339 g/mol. The van der Waals surface area contributed by atoms with Gasteiger partial charge >= 0.3 is 0 Å². The Morgan fingerprint density at radius 1 is 1.30 bits per heavy atom. The number of nitrogens with zero attached hydrogens (tertiary/aromatic N) is 2. The van der Waals surface area contributed by atoms with E-state index in [-0.39, 0.29) is 18.7 Å². The van der Waals surface area contributed by atoms with E-state index >= 15 is 0 Å². The number of benzene rings is 1. The SMILES string of the molecule is COc1c(C)c(C)c(Br)c(C)c1N(C)C(=O)CCC#N. The number of hydrogen-bond acceptors (Lipinski definition) is 3. The van der Waals surface area contributed by atoms with Crippen molar-refractivity contribution in [2.24, 2.45) is 0 Å². The number of amides is 1. The molecule has 0 saturated carbocycles. The third-order valence-corrected chi connectivity index (χ3v) is 4.69. The van der Waals surface area contributed by atoms with Gasteiger partial charge < -0.3 is 9.64 Å². The van der Waals surface area contributed by atoms with E-state index in [1.807, 2.05) is 26.8 Å². The monoisotopic (exact) mass is 338 g/mol. The largest absolute Gasteiger partial charge is 0.494 e. The molecule has 0 atom stereocenters. The van der Waals surface area contributed by atoms with Crippen LogP contribution in [0.2, 0.25) is 0 Å². The Hall–Kier alpha value is -1.54. The van der Waals surface area contributed by atoms with Gasteiger partial charge in [-0.25, -0.2) is 0 Å². The molecule has 0 N–H and O–H groups in total. The summed E-state index contributed by atoms with van der Waals surface area (Å²) in [6, 6.07) is 1.99. The summed E-state index contributed by atoms with van der Waals surface area (Å²) in [5.41, 5.74) is 3.81. The van der Waals surface area contributed by atoms with Crippen molar-refractivity contribution in [3.8, 4) is 11.8 Å². The summed E-state index contributed by atoms with van der Waals surface area (Å²) in [5.74, 6) is 0.610. The Labute approximate surface area is 128 Å². The zero-order chi connectivity index (χ0) is 15.4. The predicted octanol–water partition coefficient (Wildman–Crippen LogP) is 3.65. The van der Waals surface area contributed by atoms with E-state index in [0.29, 0.717) is 5.75 Å². The summed E-state index contributed by atoms with van der Waals surface area (Å²) in [4.78, 5) is 13.7. The lowest BCUT2D eigenvalue weighted by molar-refractivity contribution is -0.118. The Morgan fingerprint density at radius 3 is 2.40 bits per heavy atom. The topological polar surface area (TPSA) is 53.3 Å². The van der Waals surface area contributed by atoms with Crippen molar-refractivity contribution in [3.05, 3.63) is 21.2 Å². The molecule has 1 aromatic carbocycles. The first-order valence-electron chi connectivity index (χ1n) is 6.33. The fourth-order valence-electron chi connectivity index (χ4n) is 2.18. The molecule has 108 valence electrons. The van der Waals surface area contributed by atoms with Crippen LogP contribution in [0.3, 0.4) is 0 Å². The van der Waals surface area contributed by atoms with Crippen LogP contribution in [0.5, 0.6) is 5.75 Å². The number of methoxy groups -OCH3 is 1. The Bertz CT molecular complexity index is 576. The standard InChI is InChI=1S/C15H19BrN2O2/c1-9-10(2)15(20-5)14(11(3)13(9)16)18(4)12(19)7-6-8-17/h6-7H2,1-5H3. The molecule has 0 heterocycles. The number of anilines is 1. The summed E-state index contributed by atoms with van der Waals surface area (Å²) in [6.45, 7) is 5.92. The quantitative estimate of drug-likeness (QED) is 0.841. The minimum atomic E-state index is -0.0943. The molecule has 4 nitrogen and oxygen atoms in total. The second kappa shape index (κ2) is 6.76. The number of carbonyl (C=O) groups is 1. The molecule has 1 rings (SSSR count). The maximum Gasteiger partial charge on any atom is 0.227 e. The number of hydrogen-bond donors (Lipinski definition) is 0. The van der Waals surface area contributed by atoms with Crippen LogP contribution in [0.4, 0.5) is 5.69 Å². The van der Waals surface area contributed by atoms with Crippen molar-refractivity contribution in [2.75, 3.05) is 19.1 Å². The van der Waals surface area contributed by atoms with Crippen LogP contribution in [0, 0.1) is 32.1 Å². The van der Waals surface area contributed by atoms with Crippen molar-refractivity contribution in [1.82, 2.24) is 0 Å². The summed E-state index contributed by atoms with van der Waals surface area (Å²) >= 11 is 3.57. The normalized spacial score (nSPS) is 10.1. The van der Waals surface area contributed by atoms with Crippen LogP contribution in [0.25, 0.3) is 0 Å². The van der Waals surface area contributed by atoms with Crippen molar-refractivity contribution >= 4 is 27.5 Å². The Kier molecular flexibility index (Phi) is 5.58. The summed E-state index contributed by atoms with van der Waals surface area (Å²) in [7, 11) is 3.32. The van der Waals surface area contributed by atoms with E-state index in [2.05, 4.69) is 15.9 Å². The minimum absolute atomic E-state index is 0.0943. The fraction of sp³-hybridized carbons (Fsp3) is 0.467. The predicted molar refractivity (Wildman–Crippen MR) is 83.2 cm³/mol. The second-order valence-electron chi connectivity index (χ2n) is 4.68. The van der Waals surface area contributed by atoms with Crippen LogP contribution in [0.15, 0.2) is 4.47 Å². The van der Waals surface area contributed by atoms with Gasteiger partial charge in [0.1, 0.15) is 5.75 Å². The summed E-state index contributed by atoms with van der Waals surface area (Å²) in [5, 5.41) is 8.59. The fourth-order valence-corrected chi connectivity index (χ4v) is 2.66. The summed E-state index contributed by atoms with van der Waals surface area (Å²) in [6.07, 6.45) is 0.427. The van der Waals surface area contributed by atoms with Gasteiger partial charge in [0.25, 0.3) is 0 Å². The van der Waals surface area contributed by atoms with Gasteiger partial charge in [0.15, 0.2) is 0 Å². The molecule has 0 radical (unpaired) electrons. The summed E-state index contributed by atoms with van der Waals surface area (Å²) < 4.78 is 6.47. The molecule has 0 aliphatic heterocycles. The van der Waals surface area contributed by atoms with Crippen LogP contribution < -0.4 is 9.64 Å². The second-order valence-corrected chi connectivity index (χ2v) is 5.47. The minimum Gasteiger partial charge on any atom is -0.494 e. The molecule has 0 fully saturated rings. The van der Waals surface area contributed by atoms with Crippen LogP contribution >= 0.6 is 15.9 Å². The van der Waals surface area contributed by atoms with Crippen LogP contribution in [0.1, 0.15) is 29.5 Å². The molecule has 0 spiro atoms. The molecule has 0 aliphatic carbocycles. The number of nitriles is 1. The third kappa shape index (κ3) is 2.96. The molecule has 0 saturated heterocycles. The Balaban J connectivity index is 3.37. The lowest BCUT2D eigenvalue weighted by Crippen LogP contribution is -2.27. The molecule has 0 aromatic heterocycles. The molecular weight excluding hydrogens is 320 g/mol. The molecule has 0 unspecified atom stereocenters. The first kappa shape index (κ1) is 16.5. The zero-order valence-corrected chi connectivity index (χ0v) is 14.1. The van der Waals surface area contributed by atoms with E-state index in [4.69, 9.17) is 10.00 Å². The first-order chi connectivity index (χ1) is 9.36. The van der Waals surface area contributed by atoms with Crippen molar-refractivity contribution < 1.29 is 9.53 Å². The molecule has 0 aliphatic rings. The number of rotatable bonds is 4. The Morgan fingerprint density at radius 2 is 1.90 bits per heavy atom. The van der Waals surface area contributed by atoms with Gasteiger partial charge in [0.2, 0.25) is 5.91 Å². The van der Waals surface area contributed by atoms with E-state index in [0.717, 1.165) is 26.9 Å². The smallest absolute Gasteiger partial charge is 0.227 e. The van der Waals surface area contributed by atoms with Crippen molar-refractivity contribution in [3.63, 3.8) is 0 Å². The lowest BCUT2D eigenvalue weighted by atomic mass is 10.0. The maximum atomic E-state index is 12.1. The molecule has 5 heteroatoms. The molecule has 1 aromatic rings. The van der Waals surface area contributed by atoms with Gasteiger partial charge in [-0.05, 0) is 37.5 Å². The van der Waals surface area contributed by atoms with Gasteiger partial charge in [0.05, 0.1) is 18.9 Å². The van der Waals surface area contributed by atoms with Crippen LogP contribution in [-0.4, -0.2) is 20.1 Å². The van der Waals surface area contributed by atoms with Crippen molar-refractivity contribution in [1.29, 1.82) is 5.26 Å².